The van der Waals surface area contributed by atoms with Gasteiger partial charge in [-0.3, -0.25) is 4.57 Å². The zero-order valence-electron chi connectivity index (χ0n) is 30.7. The molecule has 0 spiro atoms. The van der Waals surface area contributed by atoms with E-state index in [1.54, 1.807) is 0 Å². The molecule has 0 aliphatic rings. The fourth-order valence-electron chi connectivity index (χ4n) is 7.30. The maximum Gasteiger partial charge on any atom is 0.137 e. The van der Waals surface area contributed by atoms with Crippen LogP contribution in [0.1, 0.15) is 80.6 Å². The Morgan fingerprint density at radius 2 is 1.48 bits per heavy atom. The van der Waals surface area contributed by atoms with Gasteiger partial charge >= 0.3 is 0 Å². The summed E-state index contributed by atoms with van der Waals surface area (Å²) in [7, 11) is 0. The number of aryl methyl sites for hydroxylation is 4. The van der Waals surface area contributed by atoms with E-state index in [9.17, 15) is 0 Å². The minimum atomic E-state index is 0.313. The highest BCUT2D eigenvalue weighted by Gasteiger charge is 2.22. The minimum absolute atomic E-state index is 0.313. The van der Waals surface area contributed by atoms with Gasteiger partial charge in [0.15, 0.2) is 0 Å². The highest BCUT2D eigenvalue weighted by molar-refractivity contribution is 6.09. The van der Waals surface area contributed by atoms with Gasteiger partial charge in [-0.1, -0.05) is 71.0 Å². The molecule has 7 rings (SSSR count). The molecule has 3 heterocycles. The molecule has 0 bridgehead atoms. The van der Waals surface area contributed by atoms with Crippen molar-refractivity contribution in [2.45, 2.75) is 80.6 Å². The minimum Gasteiger partial charge on any atom is -0.457 e. The van der Waals surface area contributed by atoms with Gasteiger partial charge in [-0.05, 0) is 122 Å². The van der Waals surface area contributed by atoms with Gasteiger partial charge < -0.3 is 4.74 Å². The lowest BCUT2D eigenvalue weighted by Gasteiger charge is -2.17. The molecule has 0 saturated heterocycles. The predicted octanol–water partition coefficient (Wildman–Crippen LogP) is 12.0. The van der Waals surface area contributed by atoms with Gasteiger partial charge in [0.05, 0.1) is 28.1 Å². The number of rotatable bonds is 10. The first-order valence-electron chi connectivity index (χ1n) is 18.1. The number of aromatic nitrogens is 4. The van der Waals surface area contributed by atoms with Gasteiger partial charge in [0.25, 0.3) is 0 Å². The third kappa shape index (κ3) is 6.22. The SMILES string of the molecule is CCc1ccnc(-n2c3ccccc3c3ccc(Oc4cc(C(C)C)cc(-n5nc(C)c(-c6c(C)cccc6C)c5CCC(C)C)c4)cc32)c1. The molecule has 0 aliphatic carbocycles. The molecule has 5 nitrogen and oxygen atoms in total. The molecule has 0 atom stereocenters. The number of pyridine rings is 1. The van der Waals surface area contributed by atoms with Crippen LogP contribution in [0.2, 0.25) is 0 Å². The molecule has 7 aromatic rings. The van der Waals surface area contributed by atoms with Gasteiger partial charge in [0.1, 0.15) is 17.3 Å². The molecule has 5 heteroatoms. The van der Waals surface area contributed by atoms with Crippen molar-refractivity contribution in [3.63, 3.8) is 0 Å². The van der Waals surface area contributed by atoms with Crippen LogP contribution >= 0.6 is 0 Å². The maximum absolute atomic E-state index is 6.79. The zero-order valence-corrected chi connectivity index (χ0v) is 30.7. The average Bonchev–Trinajstić information content (AvgIpc) is 3.61. The summed E-state index contributed by atoms with van der Waals surface area (Å²) in [6.07, 6.45) is 4.89. The van der Waals surface area contributed by atoms with Crippen LogP contribution in [-0.2, 0) is 12.8 Å². The molecule has 4 aromatic carbocycles. The number of nitrogens with zero attached hydrogens (tertiary/aromatic N) is 4. The standard InChI is InChI=1S/C45H48N4O/c1-9-33-21-22-46-43(23-33)48-40-16-11-10-15-38(40)39-19-18-36(27-42(39)48)50-37-25-34(29(4)5)24-35(26-37)49-41(20-17-28(2)3)45(32(8)47-49)44-30(6)13-12-14-31(44)7/h10-16,18-19,21-29H,9,17,20H2,1-8H3. The molecule has 0 amide bonds. The lowest BCUT2D eigenvalue weighted by atomic mass is 9.92. The number of para-hydroxylation sites is 1. The van der Waals surface area contributed by atoms with Crippen LogP contribution in [0.3, 0.4) is 0 Å². The Kier molecular flexibility index (Phi) is 9.09. The van der Waals surface area contributed by atoms with Crippen molar-refractivity contribution in [3.8, 4) is 34.1 Å². The van der Waals surface area contributed by atoms with Crippen molar-refractivity contribution in [2.75, 3.05) is 0 Å². The van der Waals surface area contributed by atoms with Crippen molar-refractivity contribution in [3.05, 3.63) is 131 Å². The maximum atomic E-state index is 6.79. The quantitative estimate of drug-likeness (QED) is 0.147. The van der Waals surface area contributed by atoms with E-state index < -0.39 is 0 Å². The Balaban J connectivity index is 1.36. The van der Waals surface area contributed by atoms with Crippen LogP contribution in [0.15, 0.2) is 97.2 Å². The first-order chi connectivity index (χ1) is 24.1. The Morgan fingerprint density at radius 1 is 0.720 bits per heavy atom. The molecule has 254 valence electrons. The second-order valence-electron chi connectivity index (χ2n) is 14.4. The van der Waals surface area contributed by atoms with Crippen LogP contribution in [0.5, 0.6) is 11.5 Å². The average molecular weight is 661 g/mol. The molecule has 0 radical (unpaired) electrons. The number of hydrogen-bond acceptors (Lipinski definition) is 3. The van der Waals surface area contributed by atoms with E-state index in [0.717, 1.165) is 59.0 Å². The van der Waals surface area contributed by atoms with Gasteiger partial charge in [0, 0.05) is 34.7 Å². The van der Waals surface area contributed by atoms with Crippen LogP contribution in [0.4, 0.5) is 0 Å². The van der Waals surface area contributed by atoms with Crippen molar-refractivity contribution in [1.29, 1.82) is 0 Å². The van der Waals surface area contributed by atoms with Crippen LogP contribution in [-0.4, -0.2) is 19.3 Å². The van der Waals surface area contributed by atoms with Crippen LogP contribution < -0.4 is 4.74 Å². The number of benzene rings is 4. The van der Waals surface area contributed by atoms with E-state index in [4.69, 9.17) is 14.8 Å². The molecule has 0 saturated carbocycles. The van der Waals surface area contributed by atoms with Crippen molar-refractivity contribution in [2.24, 2.45) is 5.92 Å². The highest BCUT2D eigenvalue weighted by atomic mass is 16.5. The number of ether oxygens (including phenoxy) is 1. The Labute approximate surface area is 296 Å². The topological polar surface area (TPSA) is 44.9 Å². The molecule has 0 fully saturated rings. The van der Waals surface area contributed by atoms with Gasteiger partial charge in [0.2, 0.25) is 0 Å². The lowest BCUT2D eigenvalue weighted by molar-refractivity contribution is 0.481. The summed E-state index contributed by atoms with van der Waals surface area (Å²) >= 11 is 0. The van der Waals surface area contributed by atoms with Gasteiger partial charge in [-0.2, -0.15) is 5.10 Å². The van der Waals surface area contributed by atoms with E-state index in [1.807, 2.05) is 6.20 Å². The van der Waals surface area contributed by atoms with Gasteiger partial charge in [-0.25, -0.2) is 9.67 Å². The first kappa shape index (κ1) is 33.3. The molecule has 50 heavy (non-hydrogen) atoms. The fraction of sp³-hybridized carbons (Fsp3) is 0.289. The third-order valence-electron chi connectivity index (χ3n) is 10.00. The normalized spacial score (nSPS) is 11.8. The molecule has 0 aliphatic heterocycles. The second kappa shape index (κ2) is 13.6. The molecule has 0 N–H and O–H groups in total. The van der Waals surface area contributed by atoms with Crippen LogP contribution in [0, 0.1) is 26.7 Å². The summed E-state index contributed by atoms with van der Waals surface area (Å²) < 4.78 is 11.2. The molecule has 0 unspecified atom stereocenters. The third-order valence-corrected chi connectivity index (χ3v) is 10.00. The molecular formula is C45H48N4O. The Bertz CT molecular complexity index is 2320. The summed E-state index contributed by atoms with van der Waals surface area (Å²) in [4.78, 5) is 4.81. The van der Waals surface area contributed by atoms with E-state index >= 15 is 0 Å². The largest absolute Gasteiger partial charge is 0.457 e. The fourth-order valence-corrected chi connectivity index (χ4v) is 7.30. The number of hydrogen-bond donors (Lipinski definition) is 0. The van der Waals surface area contributed by atoms with Gasteiger partial charge in [-0.15, -0.1) is 0 Å². The van der Waals surface area contributed by atoms with Crippen molar-refractivity contribution in [1.82, 2.24) is 19.3 Å². The Morgan fingerprint density at radius 3 is 2.22 bits per heavy atom. The highest BCUT2D eigenvalue weighted by Crippen LogP contribution is 2.38. The van der Waals surface area contributed by atoms with E-state index in [-0.39, 0.29) is 0 Å². The second-order valence-corrected chi connectivity index (χ2v) is 14.4. The summed E-state index contributed by atoms with van der Waals surface area (Å²) in [5, 5.41) is 7.61. The monoisotopic (exact) mass is 660 g/mol. The lowest BCUT2D eigenvalue weighted by Crippen LogP contribution is -2.06. The number of fused-ring (bicyclic) bond motifs is 3. The van der Waals surface area contributed by atoms with E-state index in [1.165, 1.54) is 49.8 Å². The predicted molar refractivity (Wildman–Crippen MR) is 208 cm³/mol. The van der Waals surface area contributed by atoms with E-state index in [0.29, 0.717) is 11.8 Å². The van der Waals surface area contributed by atoms with Crippen LogP contribution in [0.25, 0.3) is 44.4 Å². The summed E-state index contributed by atoms with van der Waals surface area (Å²) in [5.74, 6) is 3.40. The molecular weight excluding hydrogens is 613 g/mol. The zero-order chi connectivity index (χ0) is 35.1. The van der Waals surface area contributed by atoms with E-state index in [2.05, 4.69) is 156 Å². The molecule has 3 aromatic heterocycles. The Hall–Kier alpha value is -5.16. The van der Waals surface area contributed by atoms with Crippen molar-refractivity contribution >= 4 is 21.8 Å². The summed E-state index contributed by atoms with van der Waals surface area (Å²) in [6, 6.07) is 32.4. The smallest absolute Gasteiger partial charge is 0.137 e. The first-order valence-corrected chi connectivity index (χ1v) is 18.1. The van der Waals surface area contributed by atoms with Crippen molar-refractivity contribution < 1.29 is 4.74 Å². The summed E-state index contributed by atoms with van der Waals surface area (Å²) in [5.41, 5.74) is 13.1. The summed E-state index contributed by atoms with van der Waals surface area (Å²) in [6.45, 7) is 17.8.